The van der Waals surface area contributed by atoms with Crippen molar-refractivity contribution >= 4 is 21.8 Å². The van der Waals surface area contributed by atoms with Crippen LogP contribution in [-0.2, 0) is 6.42 Å². The minimum Gasteiger partial charge on any atom is -0.354 e. The van der Waals surface area contributed by atoms with Crippen molar-refractivity contribution in [2.45, 2.75) is 19.8 Å². The highest BCUT2D eigenvalue weighted by Gasteiger charge is 2.06. The molecule has 0 spiro atoms. The first-order valence-electron chi connectivity index (χ1n) is 5.88. The first kappa shape index (κ1) is 11.7. The Hall–Kier alpha value is -1.80. The second-order valence-corrected chi connectivity index (χ2v) is 4.26. The second-order valence-electron chi connectivity index (χ2n) is 4.26. The highest BCUT2D eigenvalue weighted by atomic mass is 14.7. The fraction of sp³-hybridized carbons (Fsp3) is 0.200. The molecule has 1 aromatic heterocycles. The Kier molecular flexibility index (Phi) is 3.16. The average Bonchev–Trinajstić information content (AvgIpc) is 2.69. The number of H-pyrrole nitrogens is 1. The molecule has 0 aliphatic rings. The molecule has 4 N–H and O–H groups in total. The number of rotatable bonds is 2. The Labute approximate surface area is 101 Å². The number of benzene rings is 2. The molecule has 2 heteroatoms. The van der Waals surface area contributed by atoms with E-state index < -0.39 is 0 Å². The maximum atomic E-state index is 3.53. The molecule has 2 aromatic carbocycles. The van der Waals surface area contributed by atoms with E-state index in [4.69, 9.17) is 0 Å². The maximum Gasteiger partial charge on any atom is 0.0497 e. The van der Waals surface area contributed by atoms with Crippen molar-refractivity contribution in [3.63, 3.8) is 0 Å². The largest absolute Gasteiger partial charge is 0.354 e. The van der Waals surface area contributed by atoms with E-state index in [9.17, 15) is 0 Å². The van der Waals surface area contributed by atoms with Gasteiger partial charge in [0.1, 0.15) is 0 Å². The molecule has 2 nitrogen and oxygen atoms in total. The third-order valence-corrected chi connectivity index (χ3v) is 3.15. The summed E-state index contributed by atoms with van der Waals surface area (Å²) in [5.74, 6) is 0. The molecule has 17 heavy (non-hydrogen) atoms. The Morgan fingerprint density at radius 3 is 2.53 bits per heavy atom. The zero-order valence-electron chi connectivity index (χ0n) is 10.2. The van der Waals surface area contributed by atoms with Crippen LogP contribution in [0.3, 0.4) is 0 Å². The summed E-state index contributed by atoms with van der Waals surface area (Å²) < 4.78 is 0. The monoisotopic (exact) mass is 226 g/mol. The number of hydrogen-bond donors (Lipinski definition) is 2. The van der Waals surface area contributed by atoms with Gasteiger partial charge in [-0.2, -0.15) is 0 Å². The van der Waals surface area contributed by atoms with Crippen LogP contribution in [0.5, 0.6) is 0 Å². The van der Waals surface area contributed by atoms with Crippen LogP contribution in [0.2, 0.25) is 0 Å². The number of para-hydroxylation sites is 2. The summed E-state index contributed by atoms with van der Waals surface area (Å²) in [6, 6.07) is 15.1. The molecule has 0 saturated heterocycles. The molecular formula is C15H18N2. The number of hydrogen-bond acceptors (Lipinski definition) is 1. The van der Waals surface area contributed by atoms with Gasteiger partial charge in [-0.25, -0.2) is 0 Å². The minimum atomic E-state index is 0. The SMILES string of the molecule is CCCc1cccc2c1[nH]c1ccccc12.N. The first-order chi connectivity index (χ1) is 7.90. The molecule has 0 fully saturated rings. The minimum absolute atomic E-state index is 0. The van der Waals surface area contributed by atoms with Crippen molar-refractivity contribution in [2.75, 3.05) is 0 Å². The predicted octanol–water partition coefficient (Wildman–Crippen LogP) is 4.44. The highest BCUT2D eigenvalue weighted by molar-refractivity contribution is 6.08. The lowest BCUT2D eigenvalue weighted by Crippen LogP contribution is -1.84. The zero-order valence-corrected chi connectivity index (χ0v) is 10.2. The molecule has 0 unspecified atom stereocenters. The van der Waals surface area contributed by atoms with Crippen LogP contribution in [0.4, 0.5) is 0 Å². The Morgan fingerprint density at radius 1 is 0.941 bits per heavy atom. The molecule has 3 rings (SSSR count). The summed E-state index contributed by atoms with van der Waals surface area (Å²) in [4.78, 5) is 3.53. The van der Waals surface area contributed by atoms with E-state index >= 15 is 0 Å². The second kappa shape index (κ2) is 4.60. The van der Waals surface area contributed by atoms with Gasteiger partial charge in [-0.1, -0.05) is 49.7 Å². The van der Waals surface area contributed by atoms with Gasteiger partial charge in [-0.3, -0.25) is 0 Å². The molecule has 3 aromatic rings. The summed E-state index contributed by atoms with van der Waals surface area (Å²) in [5.41, 5.74) is 3.97. The van der Waals surface area contributed by atoms with Crippen LogP contribution in [0.15, 0.2) is 42.5 Å². The van der Waals surface area contributed by atoms with Gasteiger partial charge in [0.15, 0.2) is 0 Å². The molecule has 88 valence electrons. The predicted molar refractivity (Wildman–Crippen MR) is 74.8 cm³/mol. The van der Waals surface area contributed by atoms with Crippen molar-refractivity contribution in [3.8, 4) is 0 Å². The van der Waals surface area contributed by atoms with E-state index in [0.29, 0.717) is 0 Å². The normalized spacial score (nSPS) is 10.6. The number of fused-ring (bicyclic) bond motifs is 3. The van der Waals surface area contributed by atoms with Gasteiger partial charge in [-0.15, -0.1) is 0 Å². The number of aromatic nitrogens is 1. The van der Waals surface area contributed by atoms with Gasteiger partial charge in [0, 0.05) is 21.8 Å². The van der Waals surface area contributed by atoms with E-state index in [-0.39, 0.29) is 6.15 Å². The molecule has 0 bridgehead atoms. The molecular weight excluding hydrogens is 208 g/mol. The molecule has 0 aliphatic heterocycles. The van der Waals surface area contributed by atoms with Crippen molar-refractivity contribution < 1.29 is 0 Å². The maximum absolute atomic E-state index is 3.53. The van der Waals surface area contributed by atoms with Crippen LogP contribution in [-0.4, -0.2) is 4.98 Å². The number of aryl methyl sites for hydroxylation is 1. The zero-order chi connectivity index (χ0) is 11.0. The summed E-state index contributed by atoms with van der Waals surface area (Å²) >= 11 is 0. The topological polar surface area (TPSA) is 50.8 Å². The smallest absolute Gasteiger partial charge is 0.0497 e. The lowest BCUT2D eigenvalue weighted by atomic mass is 10.1. The van der Waals surface area contributed by atoms with Crippen molar-refractivity contribution in [3.05, 3.63) is 48.0 Å². The van der Waals surface area contributed by atoms with Gasteiger partial charge < -0.3 is 11.1 Å². The van der Waals surface area contributed by atoms with Gasteiger partial charge in [-0.05, 0) is 18.1 Å². The lowest BCUT2D eigenvalue weighted by molar-refractivity contribution is 0.927. The van der Waals surface area contributed by atoms with E-state index in [1.165, 1.54) is 33.8 Å². The van der Waals surface area contributed by atoms with Crippen LogP contribution in [0, 0.1) is 0 Å². The fourth-order valence-electron chi connectivity index (χ4n) is 2.41. The lowest BCUT2D eigenvalue weighted by Gasteiger charge is -2.00. The third-order valence-electron chi connectivity index (χ3n) is 3.15. The van der Waals surface area contributed by atoms with E-state index in [1.54, 1.807) is 0 Å². The first-order valence-corrected chi connectivity index (χ1v) is 5.88. The van der Waals surface area contributed by atoms with Crippen molar-refractivity contribution in [2.24, 2.45) is 0 Å². The summed E-state index contributed by atoms with van der Waals surface area (Å²) in [7, 11) is 0. The fourth-order valence-corrected chi connectivity index (χ4v) is 2.41. The summed E-state index contributed by atoms with van der Waals surface area (Å²) in [5, 5.41) is 2.68. The van der Waals surface area contributed by atoms with E-state index in [1.807, 2.05) is 0 Å². The number of aromatic amines is 1. The van der Waals surface area contributed by atoms with Crippen LogP contribution < -0.4 is 6.15 Å². The van der Waals surface area contributed by atoms with Crippen molar-refractivity contribution in [1.82, 2.24) is 11.1 Å². The van der Waals surface area contributed by atoms with Crippen LogP contribution in [0.25, 0.3) is 21.8 Å². The van der Waals surface area contributed by atoms with E-state index in [2.05, 4.69) is 54.4 Å². The third kappa shape index (κ3) is 1.81. The molecule has 0 radical (unpaired) electrons. The molecule has 1 heterocycles. The van der Waals surface area contributed by atoms with Gasteiger partial charge >= 0.3 is 0 Å². The molecule has 0 atom stereocenters. The van der Waals surface area contributed by atoms with Gasteiger partial charge in [0.05, 0.1) is 0 Å². The summed E-state index contributed by atoms with van der Waals surface area (Å²) in [6.45, 7) is 2.22. The molecule has 0 aliphatic carbocycles. The Balaban J connectivity index is 0.00000108. The Morgan fingerprint density at radius 2 is 1.71 bits per heavy atom. The summed E-state index contributed by atoms with van der Waals surface area (Å²) in [6.07, 6.45) is 2.33. The standard InChI is InChI=1S/C15H15N.H3N/c1-2-6-11-7-5-9-13-12-8-3-4-10-14(12)16-15(11)13;/h3-5,7-10,16H,2,6H2,1H3;1H3. The van der Waals surface area contributed by atoms with Crippen LogP contribution in [0.1, 0.15) is 18.9 Å². The van der Waals surface area contributed by atoms with Crippen molar-refractivity contribution in [1.29, 1.82) is 0 Å². The number of nitrogens with one attached hydrogen (secondary N) is 1. The molecule has 0 amide bonds. The molecule has 0 saturated carbocycles. The quantitative estimate of drug-likeness (QED) is 0.667. The van der Waals surface area contributed by atoms with Crippen LogP contribution >= 0.6 is 0 Å². The van der Waals surface area contributed by atoms with E-state index in [0.717, 1.165) is 6.42 Å². The van der Waals surface area contributed by atoms with Gasteiger partial charge in [0.25, 0.3) is 0 Å². The van der Waals surface area contributed by atoms with Gasteiger partial charge in [0.2, 0.25) is 0 Å². The average molecular weight is 226 g/mol. The highest BCUT2D eigenvalue weighted by Crippen LogP contribution is 2.27. The Bertz CT molecular complexity index is 638.